The largest absolute Gasteiger partial charge is 0.339 e. The molecule has 0 N–H and O–H groups in total. The molecule has 0 unspecified atom stereocenters. The third-order valence-electron chi connectivity index (χ3n) is 6.38. The second kappa shape index (κ2) is 11.1. The van der Waals surface area contributed by atoms with E-state index in [1.165, 1.54) is 21.0 Å². The van der Waals surface area contributed by atoms with Crippen LogP contribution in [0.5, 0.6) is 0 Å². The van der Waals surface area contributed by atoms with Gasteiger partial charge in [-0.3, -0.25) is 14.2 Å². The van der Waals surface area contributed by atoms with Crippen molar-refractivity contribution >= 4 is 38.6 Å². The van der Waals surface area contributed by atoms with E-state index in [1.807, 2.05) is 0 Å². The molecule has 1 aliphatic heterocycles. The van der Waals surface area contributed by atoms with E-state index >= 15 is 0 Å². The minimum absolute atomic E-state index is 0.0413. The van der Waals surface area contributed by atoms with E-state index in [-0.39, 0.29) is 60.7 Å². The Labute approximate surface area is 223 Å². The zero-order valence-corrected chi connectivity index (χ0v) is 22.0. The highest BCUT2D eigenvalue weighted by Gasteiger charge is 2.30. The number of fused-ring (bicyclic) bond motifs is 1. The average Bonchev–Trinajstić information content (AvgIpc) is 2.95. The van der Waals surface area contributed by atoms with E-state index in [0.717, 1.165) is 17.3 Å². The number of rotatable bonds is 7. The molecule has 3 aromatic carbocycles. The maximum absolute atomic E-state index is 13.4. The highest BCUT2D eigenvalue weighted by Crippen LogP contribution is 2.21. The minimum Gasteiger partial charge on any atom is -0.339 e. The van der Waals surface area contributed by atoms with Crippen LogP contribution < -0.4 is 5.56 Å². The predicted molar refractivity (Wildman–Crippen MR) is 144 cm³/mol. The van der Waals surface area contributed by atoms with Crippen molar-refractivity contribution in [2.24, 2.45) is 0 Å². The Morgan fingerprint density at radius 1 is 0.895 bits per heavy atom. The molecule has 196 valence electrons. The Hall–Kier alpha value is -3.54. The molecule has 0 spiro atoms. The molecule has 2 heterocycles. The van der Waals surface area contributed by atoms with E-state index in [2.05, 4.69) is 4.98 Å². The van der Waals surface area contributed by atoms with Gasteiger partial charge in [-0.15, -0.1) is 0 Å². The van der Waals surface area contributed by atoms with E-state index in [9.17, 15) is 22.4 Å². The molecule has 1 fully saturated rings. The number of halogens is 1. The van der Waals surface area contributed by atoms with Crippen molar-refractivity contribution in [3.8, 4) is 0 Å². The van der Waals surface area contributed by atoms with Crippen LogP contribution in [0.2, 0.25) is 0 Å². The molecule has 0 atom stereocenters. The van der Waals surface area contributed by atoms with E-state index < -0.39 is 10.0 Å². The number of benzene rings is 3. The molecular formula is C27H25FN4O4S2. The van der Waals surface area contributed by atoms with Gasteiger partial charge in [-0.25, -0.2) is 17.8 Å². The number of hydrogen-bond acceptors (Lipinski definition) is 6. The molecule has 1 saturated heterocycles. The minimum atomic E-state index is -3.61. The fraction of sp³-hybridized carbons (Fsp3) is 0.222. The van der Waals surface area contributed by atoms with E-state index in [1.54, 1.807) is 71.6 Å². The molecule has 5 rings (SSSR count). The van der Waals surface area contributed by atoms with Crippen LogP contribution in [0.4, 0.5) is 4.39 Å². The van der Waals surface area contributed by atoms with Crippen LogP contribution in [0.3, 0.4) is 0 Å². The number of para-hydroxylation sites is 1. The Morgan fingerprint density at radius 3 is 2.26 bits per heavy atom. The molecule has 4 aromatic rings. The molecule has 1 aromatic heterocycles. The van der Waals surface area contributed by atoms with Crippen LogP contribution in [0.1, 0.15) is 5.56 Å². The van der Waals surface area contributed by atoms with Gasteiger partial charge >= 0.3 is 0 Å². The predicted octanol–water partition coefficient (Wildman–Crippen LogP) is 3.21. The normalized spacial score (nSPS) is 14.6. The van der Waals surface area contributed by atoms with E-state index in [0.29, 0.717) is 16.1 Å². The zero-order chi connectivity index (χ0) is 26.7. The Balaban J connectivity index is 1.30. The molecule has 11 heteroatoms. The molecule has 0 bridgehead atoms. The number of carbonyl (C=O) groups excluding carboxylic acids is 1. The van der Waals surface area contributed by atoms with Gasteiger partial charge in [0.2, 0.25) is 15.9 Å². The van der Waals surface area contributed by atoms with Gasteiger partial charge in [0.25, 0.3) is 5.56 Å². The number of amides is 1. The number of nitrogens with zero attached hydrogens (tertiary/aromatic N) is 4. The summed E-state index contributed by atoms with van der Waals surface area (Å²) >= 11 is 1.16. The van der Waals surface area contributed by atoms with Gasteiger partial charge in [-0.05, 0) is 42.0 Å². The van der Waals surface area contributed by atoms with Gasteiger partial charge in [-0.2, -0.15) is 4.31 Å². The first-order valence-electron chi connectivity index (χ1n) is 12.0. The van der Waals surface area contributed by atoms with Crippen molar-refractivity contribution in [3.63, 3.8) is 0 Å². The highest BCUT2D eigenvalue weighted by molar-refractivity contribution is 7.99. The molecule has 8 nitrogen and oxygen atoms in total. The molecule has 0 radical (unpaired) electrons. The van der Waals surface area contributed by atoms with Crippen LogP contribution in [0.25, 0.3) is 10.9 Å². The van der Waals surface area contributed by atoms with Gasteiger partial charge in [0.15, 0.2) is 5.16 Å². The lowest BCUT2D eigenvalue weighted by Gasteiger charge is -2.34. The molecule has 38 heavy (non-hydrogen) atoms. The molecule has 0 aliphatic carbocycles. The third-order valence-corrected chi connectivity index (χ3v) is 9.25. The van der Waals surface area contributed by atoms with Crippen LogP contribution in [0, 0.1) is 5.82 Å². The van der Waals surface area contributed by atoms with Crippen molar-refractivity contribution in [2.45, 2.75) is 16.6 Å². The Morgan fingerprint density at radius 2 is 1.55 bits per heavy atom. The smallest absolute Gasteiger partial charge is 0.262 e. The molecular weight excluding hydrogens is 527 g/mol. The van der Waals surface area contributed by atoms with Gasteiger partial charge in [-0.1, -0.05) is 54.2 Å². The van der Waals surface area contributed by atoms with E-state index in [4.69, 9.17) is 0 Å². The topological polar surface area (TPSA) is 92.6 Å². The quantitative estimate of drug-likeness (QED) is 0.258. The van der Waals surface area contributed by atoms with Crippen LogP contribution in [-0.2, 0) is 21.4 Å². The zero-order valence-electron chi connectivity index (χ0n) is 20.4. The first-order chi connectivity index (χ1) is 18.3. The van der Waals surface area contributed by atoms with Crippen LogP contribution in [-0.4, -0.2) is 65.0 Å². The standard InChI is InChI=1S/C27H25FN4O4S2/c28-21-12-10-20(11-13-21)18-32-26(34)23-8-4-5-9-24(23)29-27(32)37-19-25(33)30-14-16-31(17-15-30)38(35,36)22-6-2-1-3-7-22/h1-13H,14-19H2. The fourth-order valence-electron chi connectivity index (χ4n) is 4.31. The number of aromatic nitrogens is 2. The lowest BCUT2D eigenvalue weighted by molar-refractivity contribution is -0.129. The second-order valence-corrected chi connectivity index (χ2v) is 11.7. The Kier molecular flexibility index (Phi) is 7.59. The average molecular weight is 553 g/mol. The van der Waals surface area contributed by atoms with Gasteiger partial charge in [0.1, 0.15) is 5.82 Å². The Bertz CT molecular complexity index is 1620. The number of thioether (sulfide) groups is 1. The first-order valence-corrected chi connectivity index (χ1v) is 14.5. The summed E-state index contributed by atoms with van der Waals surface area (Å²) in [7, 11) is -3.61. The summed E-state index contributed by atoms with van der Waals surface area (Å²) < 4.78 is 42.0. The second-order valence-electron chi connectivity index (χ2n) is 8.82. The van der Waals surface area contributed by atoms with Crippen molar-refractivity contribution in [2.75, 3.05) is 31.9 Å². The first kappa shape index (κ1) is 26.1. The highest BCUT2D eigenvalue weighted by atomic mass is 32.2. The molecule has 0 saturated carbocycles. The maximum atomic E-state index is 13.4. The summed E-state index contributed by atoms with van der Waals surface area (Å²) in [4.78, 5) is 32.8. The fourth-order valence-corrected chi connectivity index (χ4v) is 6.65. The SMILES string of the molecule is O=C(CSc1nc2ccccc2c(=O)n1Cc1ccc(F)cc1)N1CCN(S(=O)(=O)c2ccccc2)CC1. The van der Waals surface area contributed by atoms with Crippen LogP contribution >= 0.6 is 11.8 Å². The third kappa shape index (κ3) is 5.50. The number of carbonyl (C=O) groups is 1. The van der Waals surface area contributed by atoms with Gasteiger partial charge in [0.05, 0.1) is 28.1 Å². The number of sulfonamides is 1. The number of piperazine rings is 1. The monoisotopic (exact) mass is 552 g/mol. The summed E-state index contributed by atoms with van der Waals surface area (Å²) in [6.45, 7) is 1.15. The summed E-state index contributed by atoms with van der Waals surface area (Å²) in [6, 6.07) is 21.1. The van der Waals surface area contributed by atoms with Crippen molar-refractivity contribution in [1.82, 2.24) is 18.8 Å². The summed E-state index contributed by atoms with van der Waals surface area (Å²) in [5, 5.41) is 0.845. The van der Waals surface area contributed by atoms with Crippen molar-refractivity contribution < 1.29 is 17.6 Å². The van der Waals surface area contributed by atoms with Gasteiger partial charge in [0, 0.05) is 26.2 Å². The summed E-state index contributed by atoms with van der Waals surface area (Å²) in [6.07, 6.45) is 0. The number of hydrogen-bond donors (Lipinski definition) is 0. The van der Waals surface area contributed by atoms with Crippen molar-refractivity contribution in [3.05, 3.63) is 101 Å². The lowest BCUT2D eigenvalue weighted by atomic mass is 10.2. The van der Waals surface area contributed by atoms with Crippen LogP contribution in [0.15, 0.2) is 93.7 Å². The molecule has 1 amide bonds. The van der Waals surface area contributed by atoms with Gasteiger partial charge < -0.3 is 4.90 Å². The summed E-state index contributed by atoms with van der Waals surface area (Å²) in [5.41, 5.74) is 1.02. The molecule has 1 aliphatic rings. The van der Waals surface area contributed by atoms with Crippen molar-refractivity contribution in [1.29, 1.82) is 0 Å². The lowest BCUT2D eigenvalue weighted by Crippen LogP contribution is -2.51. The maximum Gasteiger partial charge on any atom is 0.262 e. The summed E-state index contributed by atoms with van der Waals surface area (Å²) in [5.74, 6) is -0.489.